The Labute approximate surface area is 168 Å². The molecule has 150 valence electrons. The van der Waals surface area contributed by atoms with Gasteiger partial charge in [0, 0.05) is 18.6 Å². The van der Waals surface area contributed by atoms with Gasteiger partial charge >= 0.3 is 30.5 Å². The summed E-state index contributed by atoms with van der Waals surface area (Å²) in [5.74, 6) is 0. The van der Waals surface area contributed by atoms with Crippen LogP contribution in [0, 0.1) is 0 Å². The molecule has 1 aromatic heterocycles. The van der Waals surface area contributed by atoms with Crippen LogP contribution in [0.2, 0.25) is 0 Å². The summed E-state index contributed by atoms with van der Waals surface area (Å²) in [5.41, 5.74) is 0. The van der Waals surface area contributed by atoms with Crippen molar-refractivity contribution < 1.29 is 14.5 Å². The molecule has 0 aliphatic rings. The van der Waals surface area contributed by atoms with Crippen molar-refractivity contribution >= 4 is 20.6 Å². The van der Waals surface area contributed by atoms with Crippen LogP contribution in [0.15, 0.2) is 30.6 Å². The molecule has 0 amide bonds. The normalized spacial score (nSPS) is 10.3. The SMILES string of the molecule is CCCCCCCCCCCCCCCC[n+]1ccccc1.[O]=[Sn]([OH])[OH]. The van der Waals surface area contributed by atoms with Gasteiger partial charge in [-0.05, 0) is 6.42 Å². The average molecular weight is 473 g/mol. The maximum atomic E-state index is 8.84. The van der Waals surface area contributed by atoms with Crippen molar-refractivity contribution in [3.63, 3.8) is 0 Å². The monoisotopic (exact) mass is 474 g/mol. The fourth-order valence-corrected chi connectivity index (χ4v) is 3.07. The molecule has 0 atom stereocenters. The summed E-state index contributed by atoms with van der Waals surface area (Å²) in [4.78, 5) is 0. The standard InChI is InChI=1S/C21H38N.2H2O.O.Sn/c1-2-3-4-5-6-7-8-9-10-11-12-13-14-16-19-22-20-17-15-18-21-22;;;;/h15,17-18,20-21H,2-14,16,19H2,1H3;2*1H2;;/q+1;;;;+2/p-2. The van der Waals surface area contributed by atoms with Gasteiger partial charge in [-0.2, -0.15) is 0 Å². The van der Waals surface area contributed by atoms with E-state index in [2.05, 4.69) is 42.1 Å². The molecule has 0 aromatic carbocycles. The predicted octanol–water partition coefficient (Wildman–Crippen LogP) is 4.84. The van der Waals surface area contributed by atoms with E-state index in [9.17, 15) is 0 Å². The van der Waals surface area contributed by atoms with E-state index in [4.69, 9.17) is 9.96 Å². The molecule has 0 bridgehead atoms. The molecule has 0 fully saturated rings. The van der Waals surface area contributed by atoms with E-state index in [1.54, 1.807) is 0 Å². The fourth-order valence-electron chi connectivity index (χ4n) is 3.07. The fraction of sp³-hybridized carbons (Fsp3) is 0.762. The Hall–Kier alpha value is -0.331. The zero-order valence-corrected chi connectivity index (χ0v) is 19.6. The van der Waals surface area contributed by atoms with Crippen molar-refractivity contribution in [1.82, 2.24) is 0 Å². The van der Waals surface area contributed by atoms with Crippen LogP contribution in [0.5, 0.6) is 0 Å². The van der Waals surface area contributed by atoms with Gasteiger partial charge in [0.2, 0.25) is 0 Å². The van der Waals surface area contributed by atoms with E-state index in [0.717, 1.165) is 0 Å². The first kappa shape index (κ1) is 25.7. The summed E-state index contributed by atoms with van der Waals surface area (Å²) in [6.07, 6.45) is 24.4. The summed E-state index contributed by atoms with van der Waals surface area (Å²) in [6.45, 7) is 3.47. The Kier molecular flexibility index (Phi) is 20.7. The Balaban J connectivity index is 0.00000141. The minimum absolute atomic E-state index is 1.18. The first-order valence-electron chi connectivity index (χ1n) is 10.5. The van der Waals surface area contributed by atoms with Crippen LogP contribution in [0.4, 0.5) is 0 Å². The molecule has 1 heterocycles. The van der Waals surface area contributed by atoms with Crippen LogP contribution in [0.1, 0.15) is 96.8 Å². The molecule has 0 radical (unpaired) electrons. The number of rotatable bonds is 15. The van der Waals surface area contributed by atoms with Crippen LogP contribution in [-0.2, 0) is 9.62 Å². The van der Waals surface area contributed by atoms with Crippen molar-refractivity contribution in [3.8, 4) is 0 Å². The molecule has 1 aromatic rings. The number of hydrogen-bond acceptors (Lipinski definition) is 1. The molecule has 0 unspecified atom stereocenters. The van der Waals surface area contributed by atoms with E-state index in [1.807, 2.05) is 0 Å². The van der Waals surface area contributed by atoms with Crippen LogP contribution in [-0.4, -0.2) is 27.5 Å². The van der Waals surface area contributed by atoms with Crippen molar-refractivity contribution in [2.24, 2.45) is 0 Å². The molecule has 0 saturated heterocycles. The Morgan fingerprint density at radius 2 is 1.00 bits per heavy atom. The van der Waals surface area contributed by atoms with Gasteiger partial charge in [-0.25, -0.2) is 4.57 Å². The third kappa shape index (κ3) is 21.7. The molecular weight excluding hydrogens is 433 g/mol. The van der Waals surface area contributed by atoms with Crippen molar-refractivity contribution in [1.29, 1.82) is 0 Å². The first-order valence-corrected chi connectivity index (χ1v) is 14.2. The van der Waals surface area contributed by atoms with Crippen molar-refractivity contribution in [2.75, 3.05) is 0 Å². The summed E-state index contributed by atoms with van der Waals surface area (Å²) in [7, 11) is 0. The summed E-state index contributed by atoms with van der Waals surface area (Å²) >= 11 is -3.79. The first-order chi connectivity index (χ1) is 12.7. The van der Waals surface area contributed by atoms with Gasteiger partial charge in [0.1, 0.15) is 6.54 Å². The molecule has 0 spiro atoms. The number of unbranched alkanes of at least 4 members (excludes halogenated alkanes) is 13. The molecule has 4 nitrogen and oxygen atoms in total. The number of aromatic nitrogens is 1. The van der Waals surface area contributed by atoms with Crippen molar-refractivity contribution in [3.05, 3.63) is 30.6 Å². The van der Waals surface area contributed by atoms with Crippen LogP contribution >= 0.6 is 0 Å². The third-order valence-electron chi connectivity index (χ3n) is 4.55. The van der Waals surface area contributed by atoms with Gasteiger partial charge in [-0.3, -0.25) is 0 Å². The zero-order chi connectivity index (χ0) is 19.3. The van der Waals surface area contributed by atoms with E-state index >= 15 is 0 Å². The molecular formula is C21H40NO3Sn+. The summed E-state index contributed by atoms with van der Waals surface area (Å²) in [5, 5.41) is 0. The molecule has 2 N–H and O–H groups in total. The number of aryl methyl sites for hydroxylation is 1. The van der Waals surface area contributed by atoms with Gasteiger partial charge in [0.15, 0.2) is 12.4 Å². The second-order valence-electron chi connectivity index (χ2n) is 6.99. The molecule has 1 rings (SSSR count). The van der Waals surface area contributed by atoms with E-state index < -0.39 is 20.6 Å². The molecule has 0 aliphatic carbocycles. The minimum atomic E-state index is -3.79. The summed E-state index contributed by atoms with van der Waals surface area (Å²) < 4.78 is 25.6. The van der Waals surface area contributed by atoms with Gasteiger partial charge in [0.05, 0.1) is 0 Å². The quantitative estimate of drug-likeness (QED) is 0.218. The topological polar surface area (TPSA) is 61.4 Å². The van der Waals surface area contributed by atoms with Crippen molar-refractivity contribution in [2.45, 2.75) is 103 Å². The molecule has 0 saturated carbocycles. The Morgan fingerprint density at radius 1 is 0.654 bits per heavy atom. The summed E-state index contributed by atoms with van der Waals surface area (Å²) in [6, 6.07) is 6.31. The number of nitrogens with zero attached hydrogens (tertiary/aromatic N) is 1. The maximum absolute atomic E-state index is 8.84. The van der Waals surface area contributed by atoms with Gasteiger partial charge in [0.25, 0.3) is 0 Å². The van der Waals surface area contributed by atoms with Gasteiger partial charge < -0.3 is 0 Å². The van der Waals surface area contributed by atoms with E-state index in [0.29, 0.717) is 0 Å². The van der Waals surface area contributed by atoms with Gasteiger partial charge in [-0.1, -0.05) is 90.0 Å². The van der Waals surface area contributed by atoms with Crippen LogP contribution in [0.25, 0.3) is 0 Å². The number of hydrogen-bond donors (Lipinski definition) is 2. The molecule has 0 aliphatic heterocycles. The predicted molar refractivity (Wildman–Crippen MR) is 108 cm³/mol. The van der Waals surface area contributed by atoms with E-state index in [-0.39, 0.29) is 0 Å². The third-order valence-corrected chi connectivity index (χ3v) is 4.55. The van der Waals surface area contributed by atoms with E-state index in [1.165, 1.54) is 96.4 Å². The van der Waals surface area contributed by atoms with Gasteiger partial charge in [-0.15, -0.1) is 0 Å². The second-order valence-corrected chi connectivity index (χ2v) is 8.61. The second kappa shape index (κ2) is 21.0. The molecule has 26 heavy (non-hydrogen) atoms. The Morgan fingerprint density at radius 3 is 1.38 bits per heavy atom. The molecule has 5 heteroatoms. The van der Waals surface area contributed by atoms with Crippen LogP contribution < -0.4 is 4.57 Å². The van der Waals surface area contributed by atoms with Crippen LogP contribution in [0.3, 0.4) is 0 Å². The average Bonchev–Trinajstić information content (AvgIpc) is 2.62. The zero-order valence-electron chi connectivity index (χ0n) is 16.7. The Bertz CT molecular complexity index is 411. The number of pyridine rings is 1.